The largest absolute Gasteiger partial charge is 0.341 e. The highest BCUT2D eigenvalue weighted by atomic mass is 15.0. The van der Waals surface area contributed by atoms with E-state index in [1.54, 1.807) is 0 Å². The van der Waals surface area contributed by atoms with Crippen LogP contribution >= 0.6 is 0 Å². The van der Waals surface area contributed by atoms with Crippen LogP contribution in [-0.4, -0.2) is 16.5 Å². The third kappa shape index (κ3) is 3.02. The number of aromatic nitrogens is 2. The van der Waals surface area contributed by atoms with Gasteiger partial charge in [0.15, 0.2) is 0 Å². The van der Waals surface area contributed by atoms with E-state index in [4.69, 9.17) is 4.98 Å². The van der Waals surface area contributed by atoms with Gasteiger partial charge in [-0.05, 0) is 90.5 Å². The highest BCUT2D eigenvalue weighted by Gasteiger charge is 2.19. The van der Waals surface area contributed by atoms with Crippen LogP contribution in [0.25, 0.3) is 38.5 Å². The summed E-state index contributed by atoms with van der Waals surface area (Å²) in [6.07, 6.45) is 4.54. The second kappa shape index (κ2) is 6.92. The molecule has 0 amide bonds. The Morgan fingerprint density at radius 1 is 1.00 bits per heavy atom. The summed E-state index contributed by atoms with van der Waals surface area (Å²) >= 11 is 0. The Hall–Kier alpha value is -2.91. The SMILES string of the molecule is C/C=C(\C)c1ccc2ccc(-c3ccc4nc([C@@H]5CCCN5)[nH]c4c3)cc2c1. The first-order chi connectivity index (χ1) is 13.7. The van der Waals surface area contributed by atoms with Crippen LogP contribution in [0, 0.1) is 0 Å². The van der Waals surface area contributed by atoms with Crippen molar-refractivity contribution in [1.82, 2.24) is 15.3 Å². The minimum atomic E-state index is 0.366. The molecule has 28 heavy (non-hydrogen) atoms. The van der Waals surface area contributed by atoms with Crippen molar-refractivity contribution >= 4 is 27.4 Å². The monoisotopic (exact) mass is 367 g/mol. The van der Waals surface area contributed by atoms with E-state index in [1.165, 1.54) is 39.5 Å². The number of fused-ring (bicyclic) bond motifs is 2. The molecule has 4 aromatic rings. The van der Waals surface area contributed by atoms with Gasteiger partial charge in [0, 0.05) is 0 Å². The normalized spacial score (nSPS) is 17.6. The van der Waals surface area contributed by atoms with Crippen LogP contribution in [-0.2, 0) is 0 Å². The highest BCUT2D eigenvalue weighted by Crippen LogP contribution is 2.30. The summed E-state index contributed by atoms with van der Waals surface area (Å²) < 4.78 is 0. The molecular weight excluding hydrogens is 342 g/mol. The molecule has 0 spiro atoms. The number of aromatic amines is 1. The van der Waals surface area contributed by atoms with Gasteiger partial charge in [0.2, 0.25) is 0 Å². The van der Waals surface area contributed by atoms with E-state index in [2.05, 4.69) is 84.8 Å². The van der Waals surface area contributed by atoms with Crippen molar-refractivity contribution in [3.63, 3.8) is 0 Å². The number of imidazole rings is 1. The molecule has 0 radical (unpaired) electrons. The molecule has 2 N–H and O–H groups in total. The van der Waals surface area contributed by atoms with Gasteiger partial charge < -0.3 is 10.3 Å². The Labute approximate surface area is 165 Å². The number of benzene rings is 3. The van der Waals surface area contributed by atoms with Gasteiger partial charge in [-0.2, -0.15) is 0 Å². The van der Waals surface area contributed by atoms with Crippen LogP contribution in [0.15, 0.2) is 60.7 Å². The fourth-order valence-electron chi connectivity index (χ4n) is 4.13. The standard InChI is InChI=1S/C25H25N3/c1-3-16(2)18-8-6-17-7-9-19(14-21(17)13-18)20-10-11-22-24(15-20)28-25(27-22)23-5-4-12-26-23/h3,6-11,13-15,23,26H,4-5,12H2,1-2H3,(H,27,28)/b16-3+/t23-/m0/s1. The molecule has 1 aliphatic heterocycles. The molecule has 1 saturated heterocycles. The molecule has 1 aromatic heterocycles. The maximum absolute atomic E-state index is 4.80. The van der Waals surface area contributed by atoms with Crippen LogP contribution in [0.2, 0.25) is 0 Å². The van der Waals surface area contributed by atoms with Crippen LogP contribution in [0.1, 0.15) is 44.1 Å². The Kier molecular flexibility index (Phi) is 4.25. The quantitative estimate of drug-likeness (QED) is 0.450. The zero-order chi connectivity index (χ0) is 19.1. The van der Waals surface area contributed by atoms with E-state index in [-0.39, 0.29) is 0 Å². The Morgan fingerprint density at radius 3 is 2.64 bits per heavy atom. The first-order valence-electron chi connectivity index (χ1n) is 10.1. The summed E-state index contributed by atoms with van der Waals surface area (Å²) in [5, 5.41) is 6.07. The zero-order valence-corrected chi connectivity index (χ0v) is 16.4. The predicted molar refractivity (Wildman–Crippen MR) is 118 cm³/mol. The third-order valence-electron chi connectivity index (χ3n) is 5.95. The second-order valence-corrected chi connectivity index (χ2v) is 7.75. The lowest BCUT2D eigenvalue weighted by Crippen LogP contribution is -2.13. The molecule has 1 atom stereocenters. The van der Waals surface area contributed by atoms with Gasteiger partial charge in [-0.25, -0.2) is 4.98 Å². The summed E-state index contributed by atoms with van der Waals surface area (Å²) in [6.45, 7) is 5.33. The average molecular weight is 367 g/mol. The van der Waals surface area contributed by atoms with Gasteiger partial charge in [-0.15, -0.1) is 0 Å². The molecular formula is C25H25N3. The zero-order valence-electron chi connectivity index (χ0n) is 16.4. The predicted octanol–water partition coefficient (Wildman–Crippen LogP) is 6.23. The topological polar surface area (TPSA) is 40.7 Å². The molecule has 3 nitrogen and oxygen atoms in total. The van der Waals surface area contributed by atoms with Crippen LogP contribution in [0.3, 0.4) is 0 Å². The average Bonchev–Trinajstić information content (AvgIpc) is 3.41. The molecule has 1 fully saturated rings. The Morgan fingerprint density at radius 2 is 1.82 bits per heavy atom. The van der Waals surface area contributed by atoms with Crippen molar-refractivity contribution in [3.8, 4) is 11.1 Å². The molecule has 3 heteroatoms. The van der Waals surface area contributed by atoms with Crippen LogP contribution in [0.4, 0.5) is 0 Å². The summed E-state index contributed by atoms with van der Waals surface area (Å²) in [7, 11) is 0. The molecule has 0 bridgehead atoms. The van der Waals surface area contributed by atoms with E-state index in [1.807, 2.05) is 0 Å². The molecule has 140 valence electrons. The minimum Gasteiger partial charge on any atom is -0.341 e. The lowest BCUT2D eigenvalue weighted by Gasteiger charge is -2.07. The summed E-state index contributed by atoms with van der Waals surface area (Å²) in [6, 6.07) is 20.3. The molecule has 2 heterocycles. The molecule has 0 aliphatic carbocycles. The van der Waals surface area contributed by atoms with Gasteiger partial charge in [0.1, 0.15) is 5.82 Å². The van der Waals surface area contributed by atoms with Crippen molar-refractivity contribution in [2.75, 3.05) is 6.54 Å². The summed E-state index contributed by atoms with van der Waals surface area (Å²) in [4.78, 5) is 8.33. The molecule has 0 saturated carbocycles. The second-order valence-electron chi connectivity index (χ2n) is 7.75. The number of nitrogens with zero attached hydrogens (tertiary/aromatic N) is 1. The van der Waals surface area contributed by atoms with Gasteiger partial charge >= 0.3 is 0 Å². The third-order valence-corrected chi connectivity index (χ3v) is 5.95. The van der Waals surface area contributed by atoms with Gasteiger partial charge in [-0.1, -0.05) is 36.4 Å². The van der Waals surface area contributed by atoms with E-state index in [9.17, 15) is 0 Å². The van der Waals surface area contributed by atoms with Crippen LogP contribution in [0.5, 0.6) is 0 Å². The summed E-state index contributed by atoms with van der Waals surface area (Å²) in [5.41, 5.74) is 7.19. The Balaban J connectivity index is 1.55. The number of hydrogen-bond donors (Lipinski definition) is 2. The highest BCUT2D eigenvalue weighted by molar-refractivity contribution is 5.91. The molecule has 1 aliphatic rings. The van der Waals surface area contributed by atoms with E-state index in [0.29, 0.717) is 6.04 Å². The van der Waals surface area contributed by atoms with Crippen molar-refractivity contribution in [1.29, 1.82) is 0 Å². The van der Waals surface area contributed by atoms with Gasteiger partial charge in [0.05, 0.1) is 17.1 Å². The first-order valence-corrected chi connectivity index (χ1v) is 10.1. The van der Waals surface area contributed by atoms with Crippen molar-refractivity contribution < 1.29 is 0 Å². The minimum absolute atomic E-state index is 0.366. The van der Waals surface area contributed by atoms with Gasteiger partial charge in [-0.3, -0.25) is 0 Å². The maximum atomic E-state index is 4.80. The molecule has 3 aromatic carbocycles. The van der Waals surface area contributed by atoms with Crippen molar-refractivity contribution in [2.24, 2.45) is 0 Å². The van der Waals surface area contributed by atoms with E-state index < -0.39 is 0 Å². The Bertz CT molecular complexity index is 1190. The number of hydrogen-bond acceptors (Lipinski definition) is 2. The number of allylic oxidation sites excluding steroid dienone is 2. The lowest BCUT2D eigenvalue weighted by atomic mass is 9.98. The maximum Gasteiger partial charge on any atom is 0.124 e. The van der Waals surface area contributed by atoms with E-state index in [0.717, 1.165) is 29.8 Å². The number of nitrogens with one attached hydrogen (secondary N) is 2. The number of H-pyrrole nitrogens is 1. The van der Waals surface area contributed by atoms with Crippen molar-refractivity contribution in [3.05, 3.63) is 72.1 Å². The van der Waals surface area contributed by atoms with Gasteiger partial charge in [0.25, 0.3) is 0 Å². The van der Waals surface area contributed by atoms with E-state index >= 15 is 0 Å². The fourth-order valence-corrected chi connectivity index (χ4v) is 4.13. The van der Waals surface area contributed by atoms with Crippen LogP contribution < -0.4 is 5.32 Å². The smallest absolute Gasteiger partial charge is 0.124 e. The molecule has 5 rings (SSSR count). The number of rotatable bonds is 3. The van der Waals surface area contributed by atoms with Crippen molar-refractivity contribution in [2.45, 2.75) is 32.7 Å². The fraction of sp³-hybridized carbons (Fsp3) is 0.240. The molecule has 0 unspecified atom stereocenters. The first kappa shape index (κ1) is 17.2. The lowest BCUT2D eigenvalue weighted by molar-refractivity contribution is 0.614. The summed E-state index contributed by atoms with van der Waals surface area (Å²) in [5.74, 6) is 1.06.